The topological polar surface area (TPSA) is 18.5 Å². The summed E-state index contributed by atoms with van der Waals surface area (Å²) >= 11 is -1.13. The van der Waals surface area contributed by atoms with Crippen molar-refractivity contribution in [2.75, 3.05) is 13.7 Å². The van der Waals surface area contributed by atoms with Crippen molar-refractivity contribution < 1.29 is 32.8 Å². The molecular weight excluding hydrogens is 340 g/mol. The van der Waals surface area contributed by atoms with Gasteiger partial charge in [0.2, 0.25) is 0 Å². The molecule has 0 bridgehead atoms. The number of rotatable bonds is 2. The molecule has 0 N–H and O–H groups in total. The Balaban J connectivity index is 2.34. The summed E-state index contributed by atoms with van der Waals surface area (Å²) in [6.45, 7) is 0.847. The van der Waals surface area contributed by atoms with Crippen molar-refractivity contribution in [3.8, 4) is 0 Å². The predicted molar refractivity (Wildman–Crippen MR) is 35.6 cm³/mol. The third kappa shape index (κ3) is 2.33. The molecule has 4 heteroatoms. The van der Waals surface area contributed by atoms with E-state index in [1.165, 1.54) is 6.42 Å². The molecule has 0 aromatic carbocycles. The SMILES string of the molecule is COC1OCCC[CH]1[Hg][Cl]. The first-order chi connectivity index (χ1) is 4.88. The fourth-order valence-electron chi connectivity index (χ4n) is 1.23. The first kappa shape index (κ1) is 9.23. The van der Waals surface area contributed by atoms with Crippen molar-refractivity contribution in [3.63, 3.8) is 0 Å². The number of halogens is 1. The Bertz CT molecular complexity index is 89.7. The van der Waals surface area contributed by atoms with Crippen LogP contribution in [0.1, 0.15) is 12.8 Å². The molecule has 1 aliphatic rings. The Morgan fingerprint density at radius 3 is 3.00 bits per heavy atom. The van der Waals surface area contributed by atoms with Crippen LogP contribution in [0.4, 0.5) is 0 Å². The second-order valence-electron chi connectivity index (χ2n) is 2.53. The third-order valence-electron chi connectivity index (χ3n) is 1.82. The summed E-state index contributed by atoms with van der Waals surface area (Å²) in [6, 6.07) is 0. The van der Waals surface area contributed by atoms with Gasteiger partial charge in [0, 0.05) is 0 Å². The molecule has 2 nitrogen and oxygen atoms in total. The minimum absolute atomic E-state index is 0.0351. The van der Waals surface area contributed by atoms with Crippen molar-refractivity contribution in [2.45, 2.75) is 22.6 Å². The van der Waals surface area contributed by atoms with Crippen LogP contribution in [0.5, 0.6) is 0 Å². The first-order valence-corrected chi connectivity index (χ1v) is 13.5. The molecule has 0 saturated carbocycles. The molecule has 0 aromatic rings. The predicted octanol–water partition coefficient (Wildman–Crippen LogP) is 1.79. The van der Waals surface area contributed by atoms with E-state index in [4.69, 9.17) is 17.7 Å². The summed E-state index contributed by atoms with van der Waals surface area (Å²) in [4.78, 5) is 0. The molecule has 0 aromatic heterocycles. The Kier molecular flexibility index (Phi) is 4.53. The molecule has 1 heterocycles. The second kappa shape index (κ2) is 4.91. The molecule has 1 rings (SSSR count). The van der Waals surface area contributed by atoms with E-state index in [0.717, 1.165) is 13.0 Å². The molecule has 0 radical (unpaired) electrons. The van der Waals surface area contributed by atoms with Crippen LogP contribution in [0.2, 0.25) is 3.43 Å². The van der Waals surface area contributed by atoms with Gasteiger partial charge in [0.05, 0.1) is 0 Å². The standard InChI is InChI=1S/C6H11O2.ClH.Hg/c1-7-6-4-2-3-5-8-6;;/h4,6H,2-3,5H2,1H3;1H;/q;;+1/p-1. The van der Waals surface area contributed by atoms with E-state index >= 15 is 0 Å². The van der Waals surface area contributed by atoms with E-state index < -0.39 is 23.3 Å². The average molecular weight is 351 g/mol. The maximum absolute atomic E-state index is 5.92. The summed E-state index contributed by atoms with van der Waals surface area (Å²) in [5, 5.41) is 0. The molecule has 1 fully saturated rings. The van der Waals surface area contributed by atoms with E-state index in [1.807, 2.05) is 0 Å². The van der Waals surface area contributed by atoms with Gasteiger partial charge >= 0.3 is 77.3 Å². The molecule has 2 atom stereocenters. The van der Waals surface area contributed by atoms with Gasteiger partial charge in [-0.15, -0.1) is 0 Å². The molecule has 0 aliphatic carbocycles. The summed E-state index contributed by atoms with van der Waals surface area (Å²) in [5.41, 5.74) is 0. The molecule has 1 saturated heterocycles. The van der Waals surface area contributed by atoms with Crippen molar-refractivity contribution in [1.29, 1.82) is 0 Å². The minimum atomic E-state index is -1.13. The van der Waals surface area contributed by atoms with Crippen molar-refractivity contribution >= 4 is 8.25 Å². The van der Waals surface area contributed by atoms with Gasteiger partial charge < -0.3 is 0 Å². The molecule has 2 unspecified atom stereocenters. The quantitative estimate of drug-likeness (QED) is 0.707. The van der Waals surface area contributed by atoms with Gasteiger partial charge in [0.15, 0.2) is 0 Å². The van der Waals surface area contributed by atoms with Crippen LogP contribution in [0.15, 0.2) is 0 Å². The van der Waals surface area contributed by atoms with E-state index in [2.05, 4.69) is 0 Å². The van der Waals surface area contributed by atoms with E-state index in [1.54, 1.807) is 7.11 Å². The number of hydrogen-bond acceptors (Lipinski definition) is 2. The van der Waals surface area contributed by atoms with E-state index in [0.29, 0.717) is 3.43 Å². The molecular formula is C6H11ClHgO2. The Labute approximate surface area is 77.1 Å². The second-order valence-corrected chi connectivity index (χ2v) is 10.5. The van der Waals surface area contributed by atoms with Gasteiger partial charge in [0.25, 0.3) is 0 Å². The third-order valence-corrected chi connectivity index (χ3v) is 9.92. The van der Waals surface area contributed by atoms with Crippen LogP contribution >= 0.6 is 8.25 Å². The van der Waals surface area contributed by atoms with Crippen LogP contribution in [0.25, 0.3) is 0 Å². The van der Waals surface area contributed by atoms with Gasteiger partial charge in [0.1, 0.15) is 0 Å². The summed E-state index contributed by atoms with van der Waals surface area (Å²) in [5.74, 6) is 0. The first-order valence-electron chi connectivity index (χ1n) is 3.59. The number of methoxy groups -OCH3 is 1. The summed E-state index contributed by atoms with van der Waals surface area (Å²) < 4.78 is 11.1. The zero-order chi connectivity index (χ0) is 7.40. The molecule has 10 heavy (non-hydrogen) atoms. The molecule has 0 spiro atoms. The van der Waals surface area contributed by atoms with Crippen molar-refractivity contribution in [1.82, 2.24) is 0 Å². The fraction of sp³-hybridized carbons (Fsp3) is 1.00. The zero-order valence-electron chi connectivity index (χ0n) is 6.18. The van der Waals surface area contributed by atoms with Gasteiger partial charge in [-0.1, -0.05) is 0 Å². The van der Waals surface area contributed by atoms with Crippen LogP contribution in [-0.2, 0) is 32.8 Å². The van der Waals surface area contributed by atoms with Crippen molar-refractivity contribution in [2.24, 2.45) is 0 Å². The maximum atomic E-state index is 5.92. The number of hydrogen-bond donors (Lipinski definition) is 0. The zero-order valence-corrected chi connectivity index (χ0v) is 12.4. The van der Waals surface area contributed by atoms with Gasteiger partial charge in [-0.3, -0.25) is 0 Å². The van der Waals surface area contributed by atoms with Crippen LogP contribution in [-0.4, -0.2) is 20.0 Å². The van der Waals surface area contributed by atoms with Crippen LogP contribution in [0, 0.1) is 0 Å². The molecule has 0 amide bonds. The fourth-order valence-corrected chi connectivity index (χ4v) is 7.42. The Morgan fingerprint density at radius 2 is 2.50 bits per heavy atom. The van der Waals surface area contributed by atoms with Crippen LogP contribution < -0.4 is 0 Å². The summed E-state index contributed by atoms with van der Waals surface area (Å²) in [6.07, 6.45) is 2.42. The van der Waals surface area contributed by atoms with Crippen molar-refractivity contribution in [3.05, 3.63) is 0 Å². The van der Waals surface area contributed by atoms with E-state index in [9.17, 15) is 0 Å². The normalized spacial score (nSPS) is 33.4. The Hall–Kier alpha value is 1.15. The summed E-state index contributed by atoms with van der Waals surface area (Å²) in [7, 11) is 7.61. The van der Waals surface area contributed by atoms with Gasteiger partial charge in [-0.05, 0) is 0 Å². The molecule has 1 aliphatic heterocycles. The monoisotopic (exact) mass is 352 g/mol. The average Bonchev–Trinajstić information content (AvgIpc) is 2.04. The van der Waals surface area contributed by atoms with Gasteiger partial charge in [-0.25, -0.2) is 0 Å². The number of ether oxygens (including phenoxy) is 2. The van der Waals surface area contributed by atoms with E-state index in [-0.39, 0.29) is 6.29 Å². The van der Waals surface area contributed by atoms with Gasteiger partial charge in [-0.2, -0.15) is 0 Å². The van der Waals surface area contributed by atoms with Crippen LogP contribution in [0.3, 0.4) is 0 Å². The molecule has 56 valence electrons. The Morgan fingerprint density at radius 1 is 1.70 bits per heavy atom.